The highest BCUT2D eigenvalue weighted by Gasteiger charge is 2.07. The van der Waals surface area contributed by atoms with Crippen LogP contribution in [0.2, 0.25) is 0 Å². The maximum atomic E-state index is 11.2. The van der Waals surface area contributed by atoms with E-state index in [2.05, 4.69) is 31.6 Å². The maximum Gasteiger partial charge on any atom is 0.358 e. The van der Waals surface area contributed by atoms with E-state index in [0.717, 1.165) is 32.5 Å². The molecule has 1 aliphatic rings. The number of nitrogens with one attached hydrogen (secondary N) is 2. The van der Waals surface area contributed by atoms with Gasteiger partial charge < -0.3 is 15.4 Å². The van der Waals surface area contributed by atoms with E-state index >= 15 is 0 Å². The summed E-state index contributed by atoms with van der Waals surface area (Å²) in [5, 5.41) is 14.2. The van der Waals surface area contributed by atoms with Gasteiger partial charge in [-0.1, -0.05) is 11.6 Å². The van der Waals surface area contributed by atoms with Gasteiger partial charge in [0.05, 0.1) is 7.11 Å². The van der Waals surface area contributed by atoms with Crippen molar-refractivity contribution in [3.63, 3.8) is 0 Å². The number of esters is 1. The second-order valence-electron chi connectivity index (χ2n) is 4.29. The van der Waals surface area contributed by atoms with Crippen molar-refractivity contribution in [3.8, 4) is 0 Å². The molecule has 2 N–H and O–H groups in total. The van der Waals surface area contributed by atoms with Crippen LogP contribution in [0, 0.1) is 0 Å². The number of rotatable bonds is 5. The third-order valence-corrected chi connectivity index (χ3v) is 2.97. The first kappa shape index (κ1) is 13.5. The fourth-order valence-corrected chi connectivity index (χ4v) is 1.89. The molecule has 102 valence electrons. The van der Waals surface area contributed by atoms with E-state index in [4.69, 9.17) is 0 Å². The van der Waals surface area contributed by atoms with E-state index in [1.807, 2.05) is 0 Å². The number of nitrogens with zero attached hydrogens (tertiary/aromatic N) is 2. The Hall–Kier alpha value is -1.95. The number of aromatic nitrogens is 2. The van der Waals surface area contributed by atoms with E-state index < -0.39 is 5.97 Å². The highest BCUT2D eigenvalue weighted by atomic mass is 16.5. The summed E-state index contributed by atoms with van der Waals surface area (Å²) in [6, 6.07) is 3.33. The molecule has 1 aliphatic heterocycles. The first-order valence-corrected chi connectivity index (χ1v) is 6.34. The van der Waals surface area contributed by atoms with Gasteiger partial charge >= 0.3 is 5.97 Å². The van der Waals surface area contributed by atoms with Crippen LogP contribution < -0.4 is 10.6 Å². The molecule has 2 heterocycles. The molecule has 0 aromatic carbocycles. The van der Waals surface area contributed by atoms with Crippen LogP contribution in [0.15, 0.2) is 23.8 Å². The number of carbonyl (C=O) groups excluding carboxylic acids is 1. The average molecular weight is 262 g/mol. The van der Waals surface area contributed by atoms with Crippen LogP contribution in [-0.4, -0.2) is 42.9 Å². The van der Waals surface area contributed by atoms with Crippen molar-refractivity contribution in [3.05, 3.63) is 29.5 Å². The van der Waals surface area contributed by atoms with Crippen molar-refractivity contribution in [1.29, 1.82) is 0 Å². The Bertz CT molecular complexity index is 456. The molecule has 0 spiro atoms. The molecule has 0 amide bonds. The van der Waals surface area contributed by atoms with Gasteiger partial charge in [-0.25, -0.2) is 4.79 Å². The quantitative estimate of drug-likeness (QED) is 0.608. The van der Waals surface area contributed by atoms with Crippen molar-refractivity contribution in [2.24, 2.45) is 0 Å². The summed E-state index contributed by atoms with van der Waals surface area (Å²) in [5.41, 5.74) is 1.68. The van der Waals surface area contributed by atoms with Gasteiger partial charge in [0.15, 0.2) is 5.69 Å². The largest absolute Gasteiger partial charge is 0.464 e. The molecule has 6 nitrogen and oxygen atoms in total. The van der Waals surface area contributed by atoms with E-state index in [0.29, 0.717) is 5.82 Å². The van der Waals surface area contributed by atoms with E-state index in [1.54, 1.807) is 12.1 Å². The molecule has 19 heavy (non-hydrogen) atoms. The SMILES string of the molecule is COC(=O)c1ccc(NCCC2=CCNCC2)nn1. The minimum absolute atomic E-state index is 0.217. The lowest BCUT2D eigenvalue weighted by atomic mass is 10.1. The molecule has 0 atom stereocenters. The molecule has 0 unspecified atom stereocenters. The van der Waals surface area contributed by atoms with Gasteiger partial charge in [-0.15, -0.1) is 10.2 Å². The lowest BCUT2D eigenvalue weighted by Gasteiger charge is -2.14. The Kier molecular flexibility index (Phi) is 4.85. The molecule has 1 aromatic rings. The average Bonchev–Trinajstić information content (AvgIpc) is 2.48. The monoisotopic (exact) mass is 262 g/mol. The Labute approximate surface area is 112 Å². The Morgan fingerprint density at radius 1 is 1.47 bits per heavy atom. The molecule has 2 rings (SSSR count). The van der Waals surface area contributed by atoms with Gasteiger partial charge in [0.2, 0.25) is 0 Å². The molecular formula is C13H18N4O2. The molecule has 0 radical (unpaired) electrons. The van der Waals surface area contributed by atoms with Crippen LogP contribution in [0.25, 0.3) is 0 Å². The van der Waals surface area contributed by atoms with Crippen LogP contribution >= 0.6 is 0 Å². The number of hydrogen-bond acceptors (Lipinski definition) is 6. The van der Waals surface area contributed by atoms with Crippen LogP contribution in [0.5, 0.6) is 0 Å². The van der Waals surface area contributed by atoms with Crippen LogP contribution in [0.3, 0.4) is 0 Å². The van der Waals surface area contributed by atoms with Crippen LogP contribution in [0.1, 0.15) is 23.3 Å². The normalized spacial score (nSPS) is 14.7. The Morgan fingerprint density at radius 2 is 2.37 bits per heavy atom. The fourth-order valence-electron chi connectivity index (χ4n) is 1.89. The number of ether oxygens (including phenoxy) is 1. The number of carbonyl (C=O) groups is 1. The highest BCUT2D eigenvalue weighted by Crippen LogP contribution is 2.10. The molecule has 0 saturated heterocycles. The second-order valence-corrected chi connectivity index (χ2v) is 4.29. The number of methoxy groups -OCH3 is 1. The molecule has 1 aromatic heterocycles. The lowest BCUT2D eigenvalue weighted by molar-refractivity contribution is 0.0593. The zero-order chi connectivity index (χ0) is 13.5. The van der Waals surface area contributed by atoms with Crippen LogP contribution in [0.4, 0.5) is 5.82 Å². The zero-order valence-electron chi connectivity index (χ0n) is 11.0. The van der Waals surface area contributed by atoms with Gasteiger partial charge in [0.1, 0.15) is 5.82 Å². The van der Waals surface area contributed by atoms with Crippen molar-refractivity contribution in [1.82, 2.24) is 15.5 Å². The van der Waals surface area contributed by atoms with Gasteiger partial charge in [-0.05, 0) is 31.5 Å². The van der Waals surface area contributed by atoms with E-state index in [1.165, 1.54) is 12.7 Å². The molecular weight excluding hydrogens is 244 g/mol. The van der Waals surface area contributed by atoms with Gasteiger partial charge in [0.25, 0.3) is 0 Å². The third-order valence-electron chi connectivity index (χ3n) is 2.97. The summed E-state index contributed by atoms with van der Waals surface area (Å²) in [4.78, 5) is 11.2. The van der Waals surface area contributed by atoms with Gasteiger partial charge in [-0.3, -0.25) is 0 Å². The summed E-state index contributed by atoms with van der Waals surface area (Å²) in [5.74, 6) is 0.195. The molecule has 6 heteroatoms. The van der Waals surface area contributed by atoms with Gasteiger partial charge in [-0.2, -0.15) is 0 Å². The summed E-state index contributed by atoms with van der Waals surface area (Å²) in [7, 11) is 1.32. The maximum absolute atomic E-state index is 11.2. The summed E-state index contributed by atoms with van der Waals surface area (Å²) < 4.78 is 4.56. The van der Waals surface area contributed by atoms with Gasteiger partial charge in [0, 0.05) is 13.1 Å². The predicted octanol–water partition coefficient (Wildman–Crippen LogP) is 0.985. The predicted molar refractivity (Wildman–Crippen MR) is 72.0 cm³/mol. The smallest absolute Gasteiger partial charge is 0.358 e. The molecule has 0 bridgehead atoms. The molecule has 0 saturated carbocycles. The number of anilines is 1. The van der Waals surface area contributed by atoms with E-state index in [9.17, 15) is 4.79 Å². The highest BCUT2D eigenvalue weighted by molar-refractivity contribution is 5.86. The van der Waals surface area contributed by atoms with Crippen molar-refractivity contribution in [2.45, 2.75) is 12.8 Å². The Morgan fingerprint density at radius 3 is 3.00 bits per heavy atom. The first-order chi connectivity index (χ1) is 9.29. The molecule has 0 fully saturated rings. The molecule has 0 aliphatic carbocycles. The number of hydrogen-bond donors (Lipinski definition) is 2. The van der Waals surface area contributed by atoms with Crippen molar-refractivity contribution in [2.75, 3.05) is 32.1 Å². The van der Waals surface area contributed by atoms with Crippen molar-refractivity contribution < 1.29 is 9.53 Å². The van der Waals surface area contributed by atoms with Crippen LogP contribution in [-0.2, 0) is 4.74 Å². The summed E-state index contributed by atoms with van der Waals surface area (Å²) >= 11 is 0. The lowest BCUT2D eigenvalue weighted by Crippen LogP contribution is -2.21. The van der Waals surface area contributed by atoms with Crippen molar-refractivity contribution >= 4 is 11.8 Å². The standard InChI is InChI=1S/C13H18N4O2/c1-19-13(18)11-2-3-12(17-16-11)15-9-6-10-4-7-14-8-5-10/h2-4,14H,5-9H2,1H3,(H,15,17). The van der Waals surface area contributed by atoms with E-state index in [-0.39, 0.29) is 5.69 Å². The third kappa shape index (κ3) is 4.03. The topological polar surface area (TPSA) is 76.1 Å². The minimum Gasteiger partial charge on any atom is -0.464 e. The first-order valence-electron chi connectivity index (χ1n) is 6.34. The second kappa shape index (κ2) is 6.84. The summed E-state index contributed by atoms with van der Waals surface area (Å²) in [6.45, 7) is 2.83. The fraction of sp³-hybridized carbons (Fsp3) is 0.462. The summed E-state index contributed by atoms with van der Waals surface area (Å²) in [6.07, 6.45) is 4.34. The Balaban J connectivity index is 1.79. The zero-order valence-corrected chi connectivity index (χ0v) is 11.0. The minimum atomic E-state index is -0.473.